The molecule has 0 spiro atoms. The summed E-state index contributed by atoms with van der Waals surface area (Å²) in [5, 5.41) is 6.43. The van der Waals surface area contributed by atoms with E-state index in [1.165, 1.54) is 13.3 Å². The topological polar surface area (TPSA) is 115 Å². The Kier molecular flexibility index (Phi) is 9.16. The van der Waals surface area contributed by atoms with Gasteiger partial charge in [0.05, 0.1) is 32.0 Å². The van der Waals surface area contributed by atoms with Crippen molar-refractivity contribution in [2.75, 3.05) is 20.3 Å². The second-order valence-electron chi connectivity index (χ2n) is 7.60. The van der Waals surface area contributed by atoms with Crippen LogP contribution in [0, 0.1) is 6.92 Å². The maximum atomic E-state index is 12.5. The van der Waals surface area contributed by atoms with E-state index in [2.05, 4.69) is 15.8 Å². The third-order valence-electron chi connectivity index (χ3n) is 4.88. The first-order chi connectivity index (χ1) is 17.4. The molecule has 0 aliphatic rings. The number of aryl methyl sites for hydroxylation is 1. The largest absolute Gasteiger partial charge is 0.494 e. The number of ether oxygens (including phenoxy) is 3. The molecular weight excluding hydrogens is 462 g/mol. The highest BCUT2D eigenvalue weighted by atomic mass is 16.6. The number of rotatable bonds is 10. The molecule has 0 aliphatic carbocycles. The monoisotopic (exact) mass is 489 g/mol. The number of methoxy groups -OCH3 is 1. The molecule has 0 saturated heterocycles. The van der Waals surface area contributed by atoms with Gasteiger partial charge in [0.25, 0.3) is 11.8 Å². The van der Waals surface area contributed by atoms with Gasteiger partial charge in [-0.2, -0.15) is 5.10 Å². The minimum atomic E-state index is -0.544. The van der Waals surface area contributed by atoms with Gasteiger partial charge >= 0.3 is 5.97 Å². The van der Waals surface area contributed by atoms with Crippen LogP contribution in [-0.4, -0.2) is 44.3 Å². The van der Waals surface area contributed by atoms with E-state index < -0.39 is 11.9 Å². The fraction of sp³-hybridized carbons (Fsp3) is 0.185. The average Bonchev–Trinajstić information content (AvgIpc) is 2.88. The molecule has 3 rings (SSSR count). The fourth-order valence-corrected chi connectivity index (χ4v) is 3.13. The highest BCUT2D eigenvalue weighted by molar-refractivity contribution is 5.96. The van der Waals surface area contributed by atoms with Crippen molar-refractivity contribution in [2.45, 2.75) is 13.8 Å². The number of nitrogens with zero attached hydrogens (tertiary/aromatic N) is 1. The maximum absolute atomic E-state index is 12.5. The van der Waals surface area contributed by atoms with Crippen LogP contribution in [0.15, 0.2) is 71.8 Å². The van der Waals surface area contributed by atoms with Crippen LogP contribution in [0.2, 0.25) is 0 Å². The lowest BCUT2D eigenvalue weighted by Gasteiger charge is -2.10. The summed E-state index contributed by atoms with van der Waals surface area (Å²) in [5.74, 6) is -0.168. The standard InChI is InChI=1S/C27H27N3O6/c1-4-35-22-11-9-20(10-12-22)27(33)36-23-13-8-19(15-24(23)34-3)16-29-30-25(31)17-28-26(32)21-7-5-6-18(2)14-21/h5-16H,4,17H2,1-3H3,(H,28,32)(H,30,31)/b29-16+. The van der Waals surface area contributed by atoms with Gasteiger partial charge in [0.2, 0.25) is 0 Å². The molecule has 2 N–H and O–H groups in total. The number of hydrogen-bond acceptors (Lipinski definition) is 7. The third kappa shape index (κ3) is 7.42. The third-order valence-corrected chi connectivity index (χ3v) is 4.88. The molecule has 186 valence electrons. The Hall–Kier alpha value is -4.66. The molecule has 0 aromatic heterocycles. The van der Waals surface area contributed by atoms with Crippen LogP contribution in [0.25, 0.3) is 0 Å². The van der Waals surface area contributed by atoms with Gasteiger partial charge in [0.15, 0.2) is 11.5 Å². The molecule has 9 heteroatoms. The van der Waals surface area contributed by atoms with Crippen molar-refractivity contribution in [3.63, 3.8) is 0 Å². The first kappa shape index (κ1) is 26.0. The fourth-order valence-electron chi connectivity index (χ4n) is 3.13. The van der Waals surface area contributed by atoms with Crippen LogP contribution in [-0.2, 0) is 4.79 Å². The van der Waals surface area contributed by atoms with Gasteiger partial charge in [-0.15, -0.1) is 0 Å². The van der Waals surface area contributed by atoms with Gasteiger partial charge in [-0.1, -0.05) is 17.7 Å². The Labute approximate surface area is 209 Å². The van der Waals surface area contributed by atoms with Gasteiger partial charge in [-0.05, 0) is 74.0 Å². The van der Waals surface area contributed by atoms with Crippen LogP contribution >= 0.6 is 0 Å². The van der Waals surface area contributed by atoms with Crippen LogP contribution in [0.1, 0.15) is 38.8 Å². The van der Waals surface area contributed by atoms with Gasteiger partial charge in [0.1, 0.15) is 5.75 Å². The number of hydrazone groups is 1. The SMILES string of the molecule is CCOc1ccc(C(=O)Oc2ccc(/C=N/NC(=O)CNC(=O)c3cccc(C)c3)cc2OC)cc1. The number of esters is 1. The zero-order valence-corrected chi connectivity index (χ0v) is 20.2. The second kappa shape index (κ2) is 12.7. The molecule has 0 unspecified atom stereocenters. The zero-order valence-electron chi connectivity index (χ0n) is 20.2. The number of hydrogen-bond donors (Lipinski definition) is 2. The Morgan fingerprint density at radius 2 is 1.72 bits per heavy atom. The van der Waals surface area contributed by atoms with E-state index in [1.807, 2.05) is 19.9 Å². The highest BCUT2D eigenvalue weighted by Crippen LogP contribution is 2.28. The smallest absolute Gasteiger partial charge is 0.343 e. The average molecular weight is 490 g/mol. The van der Waals surface area contributed by atoms with Crippen molar-refractivity contribution in [1.82, 2.24) is 10.7 Å². The summed E-state index contributed by atoms with van der Waals surface area (Å²) >= 11 is 0. The van der Waals surface area contributed by atoms with Crippen LogP contribution in [0.3, 0.4) is 0 Å². The van der Waals surface area contributed by atoms with Crippen LogP contribution < -0.4 is 25.0 Å². The minimum absolute atomic E-state index is 0.228. The van der Waals surface area contributed by atoms with E-state index in [0.717, 1.165) is 5.56 Å². The predicted octanol–water partition coefficient (Wildman–Crippen LogP) is 3.50. The quantitative estimate of drug-likeness (QED) is 0.195. The van der Waals surface area contributed by atoms with Crippen molar-refractivity contribution in [3.8, 4) is 17.2 Å². The van der Waals surface area contributed by atoms with Gasteiger partial charge in [-0.3, -0.25) is 9.59 Å². The summed E-state index contributed by atoms with van der Waals surface area (Å²) in [7, 11) is 1.45. The van der Waals surface area contributed by atoms with E-state index in [-0.39, 0.29) is 18.2 Å². The van der Waals surface area contributed by atoms with Gasteiger partial charge < -0.3 is 19.5 Å². The number of amides is 2. The number of benzene rings is 3. The van der Waals surface area contributed by atoms with E-state index in [0.29, 0.717) is 34.8 Å². The molecule has 2 amide bonds. The zero-order chi connectivity index (χ0) is 25.9. The van der Waals surface area contributed by atoms with E-state index in [1.54, 1.807) is 60.7 Å². The molecule has 3 aromatic rings. The highest BCUT2D eigenvalue weighted by Gasteiger charge is 2.13. The number of carbonyl (C=O) groups excluding carboxylic acids is 3. The molecule has 0 bridgehead atoms. The summed E-state index contributed by atoms with van der Waals surface area (Å²) in [6.07, 6.45) is 1.40. The summed E-state index contributed by atoms with van der Waals surface area (Å²) in [4.78, 5) is 36.6. The van der Waals surface area contributed by atoms with Crippen LogP contribution in [0.4, 0.5) is 0 Å². The second-order valence-corrected chi connectivity index (χ2v) is 7.60. The summed E-state index contributed by atoms with van der Waals surface area (Å²) in [6.45, 7) is 4.06. The lowest BCUT2D eigenvalue weighted by Crippen LogP contribution is -2.34. The molecule has 0 atom stereocenters. The molecule has 9 nitrogen and oxygen atoms in total. The molecule has 36 heavy (non-hydrogen) atoms. The minimum Gasteiger partial charge on any atom is -0.494 e. The van der Waals surface area contributed by atoms with E-state index >= 15 is 0 Å². The van der Waals surface area contributed by atoms with Crippen molar-refractivity contribution in [1.29, 1.82) is 0 Å². The lowest BCUT2D eigenvalue weighted by atomic mass is 10.1. The van der Waals surface area contributed by atoms with Crippen LogP contribution in [0.5, 0.6) is 17.2 Å². The Morgan fingerprint density at radius 1 is 0.944 bits per heavy atom. The molecule has 0 radical (unpaired) electrons. The van der Waals surface area contributed by atoms with E-state index in [4.69, 9.17) is 14.2 Å². The van der Waals surface area contributed by atoms with Gasteiger partial charge in [-0.25, -0.2) is 10.2 Å². The number of carbonyl (C=O) groups is 3. The van der Waals surface area contributed by atoms with Crippen molar-refractivity contribution >= 4 is 24.0 Å². The van der Waals surface area contributed by atoms with E-state index in [9.17, 15) is 14.4 Å². The lowest BCUT2D eigenvalue weighted by molar-refractivity contribution is -0.120. The summed E-state index contributed by atoms with van der Waals surface area (Å²) in [5.41, 5.74) is 4.73. The molecule has 0 heterocycles. The van der Waals surface area contributed by atoms with Crippen molar-refractivity contribution in [3.05, 3.63) is 89.0 Å². The maximum Gasteiger partial charge on any atom is 0.343 e. The Balaban J connectivity index is 1.53. The molecule has 0 fully saturated rings. The molecular formula is C27H27N3O6. The first-order valence-electron chi connectivity index (χ1n) is 11.2. The first-order valence-corrected chi connectivity index (χ1v) is 11.2. The molecule has 3 aromatic carbocycles. The van der Waals surface area contributed by atoms with Crippen molar-refractivity contribution < 1.29 is 28.6 Å². The Bertz CT molecular complexity index is 1250. The predicted molar refractivity (Wildman–Crippen MR) is 135 cm³/mol. The molecule has 0 aliphatic heterocycles. The summed E-state index contributed by atoms with van der Waals surface area (Å²) < 4.78 is 16.2. The summed E-state index contributed by atoms with van der Waals surface area (Å²) in [6, 6.07) is 18.5. The molecule has 0 saturated carbocycles. The Morgan fingerprint density at radius 3 is 2.42 bits per heavy atom. The normalized spacial score (nSPS) is 10.5. The number of nitrogens with one attached hydrogen (secondary N) is 2. The van der Waals surface area contributed by atoms with Crippen molar-refractivity contribution in [2.24, 2.45) is 5.10 Å². The van der Waals surface area contributed by atoms with Gasteiger partial charge in [0, 0.05) is 5.56 Å².